The Morgan fingerprint density at radius 1 is 1.27 bits per heavy atom. The monoisotopic (exact) mass is 332 g/mol. The fraction of sp³-hybridized carbons (Fsp3) is 0.455. The van der Waals surface area contributed by atoms with E-state index in [-0.39, 0.29) is 6.61 Å². The lowest BCUT2D eigenvalue weighted by molar-refractivity contribution is -0.276. The predicted molar refractivity (Wildman–Crippen MR) is 59.8 cm³/mol. The van der Waals surface area contributed by atoms with Crippen LogP contribution in [0.3, 0.4) is 0 Å². The van der Waals surface area contributed by atoms with Crippen molar-refractivity contribution in [3.05, 3.63) is 23.0 Å². The number of pyridine rings is 1. The fourth-order valence-corrected chi connectivity index (χ4v) is 1.55. The first-order chi connectivity index (χ1) is 10.0. The smallest absolute Gasteiger partial charge is 0.462 e. The molecule has 0 aliphatic carbocycles. The molecule has 1 heterocycles. The zero-order valence-corrected chi connectivity index (χ0v) is 11.0. The Labute approximate surface area is 120 Å². The van der Waals surface area contributed by atoms with Gasteiger partial charge in [0.2, 0.25) is 0 Å². The molecular formula is C11H10F6N2O3. The summed E-state index contributed by atoms with van der Waals surface area (Å²) in [7, 11) is 0. The molecule has 0 saturated heterocycles. The van der Waals surface area contributed by atoms with Gasteiger partial charge < -0.3 is 15.2 Å². The summed E-state index contributed by atoms with van der Waals surface area (Å²) >= 11 is 0. The molecule has 1 rings (SSSR count). The van der Waals surface area contributed by atoms with Crippen molar-refractivity contribution in [3.8, 4) is 5.75 Å². The molecule has 0 amide bonds. The molecule has 0 fully saturated rings. The topological polar surface area (TPSA) is 74.4 Å². The molecule has 11 heteroatoms. The minimum absolute atomic E-state index is 0.140. The molecule has 0 saturated carbocycles. The molecule has 0 aliphatic rings. The van der Waals surface area contributed by atoms with E-state index in [9.17, 15) is 31.1 Å². The van der Waals surface area contributed by atoms with Gasteiger partial charge in [0.05, 0.1) is 12.2 Å². The van der Waals surface area contributed by atoms with E-state index >= 15 is 0 Å². The third-order valence-corrected chi connectivity index (χ3v) is 2.32. The van der Waals surface area contributed by atoms with Gasteiger partial charge >= 0.3 is 18.5 Å². The number of carbonyl (C=O) groups excluding carboxylic acids is 1. The van der Waals surface area contributed by atoms with E-state index in [2.05, 4.69) is 14.5 Å². The Balaban J connectivity index is 3.55. The van der Waals surface area contributed by atoms with Crippen LogP contribution in [0.4, 0.5) is 26.3 Å². The van der Waals surface area contributed by atoms with Crippen LogP contribution in [0.1, 0.15) is 28.5 Å². The number of alkyl halides is 6. The first kappa shape index (κ1) is 18.0. The van der Waals surface area contributed by atoms with Crippen LogP contribution in [-0.2, 0) is 17.5 Å². The van der Waals surface area contributed by atoms with Crippen LogP contribution in [0, 0.1) is 0 Å². The molecule has 1 aromatic heterocycles. The number of halogens is 6. The largest absolute Gasteiger partial charge is 0.573 e. The molecule has 2 N–H and O–H groups in total. The maximum Gasteiger partial charge on any atom is 0.573 e. The highest BCUT2D eigenvalue weighted by molar-refractivity contribution is 5.91. The van der Waals surface area contributed by atoms with E-state index in [1.165, 1.54) is 6.92 Å². The van der Waals surface area contributed by atoms with Crippen molar-refractivity contribution in [2.45, 2.75) is 26.0 Å². The number of nitrogens with zero attached hydrogens (tertiary/aromatic N) is 1. The number of aromatic nitrogens is 1. The van der Waals surface area contributed by atoms with Crippen molar-refractivity contribution in [1.29, 1.82) is 0 Å². The number of carbonyl (C=O) groups is 1. The third kappa shape index (κ3) is 4.23. The second-order valence-electron chi connectivity index (χ2n) is 3.80. The number of hydrogen-bond donors (Lipinski definition) is 1. The minimum Gasteiger partial charge on any atom is -0.462 e. The molecule has 22 heavy (non-hydrogen) atoms. The number of rotatable bonds is 4. The Kier molecular flexibility index (Phi) is 5.22. The van der Waals surface area contributed by atoms with Crippen molar-refractivity contribution in [1.82, 2.24) is 4.98 Å². The Morgan fingerprint density at radius 3 is 2.27 bits per heavy atom. The number of esters is 1. The average molecular weight is 332 g/mol. The van der Waals surface area contributed by atoms with E-state index in [0.29, 0.717) is 6.20 Å². The Bertz CT molecular complexity index is 556. The van der Waals surface area contributed by atoms with Crippen LogP contribution in [0.2, 0.25) is 0 Å². The summed E-state index contributed by atoms with van der Waals surface area (Å²) < 4.78 is 83.2. The summed E-state index contributed by atoms with van der Waals surface area (Å²) in [6, 6.07) is 0. The van der Waals surface area contributed by atoms with Gasteiger partial charge in [0.1, 0.15) is 0 Å². The molecule has 1 aromatic rings. The Hall–Kier alpha value is -2.04. The van der Waals surface area contributed by atoms with Crippen molar-refractivity contribution in [2.24, 2.45) is 5.73 Å². The molecule has 0 unspecified atom stereocenters. The molecule has 0 atom stereocenters. The number of nitrogens with two attached hydrogens (primary N) is 1. The lowest BCUT2D eigenvalue weighted by Gasteiger charge is -2.19. The van der Waals surface area contributed by atoms with Gasteiger partial charge in [-0.1, -0.05) is 0 Å². The van der Waals surface area contributed by atoms with E-state index < -0.39 is 47.6 Å². The van der Waals surface area contributed by atoms with Crippen LogP contribution in [-0.4, -0.2) is 23.9 Å². The summed E-state index contributed by atoms with van der Waals surface area (Å²) in [5.74, 6) is -2.82. The van der Waals surface area contributed by atoms with Gasteiger partial charge in [-0.15, -0.1) is 13.2 Å². The zero-order chi connectivity index (χ0) is 17.1. The standard InChI is InChI=1S/C11H10F6N2O3/c1-2-21-9(20)6-4-19-8(10(12,13)14)7(5(6)3-18)22-11(15,16)17/h4H,2-3,18H2,1H3. The number of hydrogen-bond acceptors (Lipinski definition) is 5. The first-order valence-corrected chi connectivity index (χ1v) is 5.73. The summed E-state index contributed by atoms with van der Waals surface area (Å²) in [4.78, 5) is 14.4. The van der Waals surface area contributed by atoms with Gasteiger partial charge in [-0.2, -0.15) is 13.2 Å². The lowest BCUT2D eigenvalue weighted by Crippen LogP contribution is -2.24. The molecule has 5 nitrogen and oxygen atoms in total. The maximum atomic E-state index is 12.8. The second-order valence-corrected chi connectivity index (χ2v) is 3.80. The molecule has 0 bridgehead atoms. The molecule has 124 valence electrons. The maximum absolute atomic E-state index is 12.8. The van der Waals surface area contributed by atoms with Gasteiger partial charge in [0, 0.05) is 18.3 Å². The quantitative estimate of drug-likeness (QED) is 0.678. The van der Waals surface area contributed by atoms with Crippen LogP contribution in [0.25, 0.3) is 0 Å². The summed E-state index contributed by atoms with van der Waals surface area (Å²) in [6.07, 6.45) is -10.2. The van der Waals surface area contributed by atoms with E-state index in [1.54, 1.807) is 0 Å². The van der Waals surface area contributed by atoms with Gasteiger partial charge in [0.25, 0.3) is 0 Å². The van der Waals surface area contributed by atoms with Gasteiger partial charge in [-0.05, 0) is 6.92 Å². The molecule has 0 aromatic carbocycles. The molecule has 0 radical (unpaired) electrons. The Morgan fingerprint density at radius 2 is 1.86 bits per heavy atom. The van der Waals surface area contributed by atoms with Crippen LogP contribution in [0.5, 0.6) is 5.75 Å². The number of ether oxygens (including phenoxy) is 2. The van der Waals surface area contributed by atoms with Crippen molar-refractivity contribution >= 4 is 5.97 Å². The average Bonchev–Trinajstić information content (AvgIpc) is 2.35. The van der Waals surface area contributed by atoms with Crippen molar-refractivity contribution in [2.75, 3.05) is 6.61 Å². The fourth-order valence-electron chi connectivity index (χ4n) is 1.55. The van der Waals surface area contributed by atoms with E-state index in [1.807, 2.05) is 0 Å². The highest BCUT2D eigenvalue weighted by atomic mass is 19.4. The van der Waals surface area contributed by atoms with Crippen LogP contribution >= 0.6 is 0 Å². The minimum atomic E-state index is -5.42. The van der Waals surface area contributed by atoms with Gasteiger partial charge in [0.15, 0.2) is 11.4 Å². The molecular weight excluding hydrogens is 322 g/mol. The molecule has 0 aliphatic heterocycles. The predicted octanol–water partition coefficient (Wildman–Crippen LogP) is 2.63. The van der Waals surface area contributed by atoms with Crippen LogP contribution in [0.15, 0.2) is 6.20 Å². The summed E-state index contributed by atoms with van der Waals surface area (Å²) in [5, 5.41) is 0. The van der Waals surface area contributed by atoms with Gasteiger partial charge in [-0.25, -0.2) is 9.78 Å². The summed E-state index contributed by atoms with van der Waals surface area (Å²) in [6.45, 7) is 0.454. The lowest BCUT2D eigenvalue weighted by atomic mass is 10.1. The highest BCUT2D eigenvalue weighted by Gasteiger charge is 2.43. The van der Waals surface area contributed by atoms with Crippen molar-refractivity contribution < 1.29 is 40.6 Å². The normalized spacial score (nSPS) is 12.2. The zero-order valence-electron chi connectivity index (χ0n) is 11.0. The first-order valence-electron chi connectivity index (χ1n) is 5.73. The van der Waals surface area contributed by atoms with Crippen molar-refractivity contribution in [3.63, 3.8) is 0 Å². The second kappa shape index (κ2) is 6.38. The van der Waals surface area contributed by atoms with E-state index in [4.69, 9.17) is 5.73 Å². The summed E-state index contributed by atoms with van der Waals surface area (Å²) in [5.41, 5.74) is 1.81. The van der Waals surface area contributed by atoms with Gasteiger partial charge in [-0.3, -0.25) is 0 Å². The molecule has 0 spiro atoms. The SMILES string of the molecule is CCOC(=O)c1cnc(C(F)(F)F)c(OC(F)(F)F)c1CN. The van der Waals surface area contributed by atoms with E-state index in [0.717, 1.165) is 0 Å². The third-order valence-electron chi connectivity index (χ3n) is 2.32. The van der Waals surface area contributed by atoms with Crippen LogP contribution < -0.4 is 10.5 Å². The highest BCUT2D eigenvalue weighted by Crippen LogP contribution is 2.40.